The summed E-state index contributed by atoms with van der Waals surface area (Å²) in [7, 11) is 0. The van der Waals surface area contributed by atoms with E-state index in [9.17, 15) is 0 Å². The highest BCUT2D eigenvalue weighted by Crippen LogP contribution is 2.66. The standard InChI is InChI=1S/C21H30/c1-4-15-9-11-18-17-10-8-16-7-5-6-13-20(16,2)19(17)12-14-21(15,18)3/h1,7,15,17-19H,5-6,8-14H2,2-3H3/t15-,17-,18-,19-,20-,21+/m0/s1. The Bertz CT molecular complexity index is 507. The Balaban J connectivity index is 1.68. The van der Waals surface area contributed by atoms with Gasteiger partial charge in [-0.25, -0.2) is 0 Å². The van der Waals surface area contributed by atoms with E-state index in [0.29, 0.717) is 16.7 Å². The zero-order chi connectivity index (χ0) is 14.7. The quantitative estimate of drug-likeness (QED) is 0.401. The lowest BCUT2D eigenvalue weighted by molar-refractivity contribution is -0.0441. The van der Waals surface area contributed by atoms with E-state index in [1.165, 1.54) is 57.8 Å². The van der Waals surface area contributed by atoms with Crippen molar-refractivity contribution >= 4 is 0 Å². The minimum atomic E-state index is 0.460. The molecule has 0 nitrogen and oxygen atoms in total. The number of rotatable bonds is 0. The fourth-order valence-electron chi connectivity index (χ4n) is 7.03. The Hall–Kier alpha value is -0.700. The van der Waals surface area contributed by atoms with Crippen molar-refractivity contribution in [2.75, 3.05) is 0 Å². The van der Waals surface area contributed by atoms with Gasteiger partial charge in [-0.3, -0.25) is 0 Å². The second kappa shape index (κ2) is 4.65. The first-order valence-electron chi connectivity index (χ1n) is 9.25. The average molecular weight is 282 g/mol. The van der Waals surface area contributed by atoms with Crippen molar-refractivity contribution in [1.29, 1.82) is 0 Å². The van der Waals surface area contributed by atoms with Crippen molar-refractivity contribution in [2.45, 2.75) is 71.6 Å². The molecule has 4 aliphatic rings. The van der Waals surface area contributed by atoms with Gasteiger partial charge in [-0.2, -0.15) is 0 Å². The third-order valence-corrected chi connectivity index (χ3v) is 8.23. The van der Waals surface area contributed by atoms with Gasteiger partial charge < -0.3 is 0 Å². The molecule has 21 heavy (non-hydrogen) atoms. The van der Waals surface area contributed by atoms with Crippen molar-refractivity contribution in [1.82, 2.24) is 0 Å². The van der Waals surface area contributed by atoms with Gasteiger partial charge in [0.2, 0.25) is 0 Å². The van der Waals surface area contributed by atoms with Crippen molar-refractivity contribution < 1.29 is 0 Å². The lowest BCUT2D eigenvalue weighted by Crippen LogP contribution is -2.49. The Morgan fingerprint density at radius 2 is 1.95 bits per heavy atom. The van der Waals surface area contributed by atoms with E-state index in [1.54, 1.807) is 0 Å². The Kier molecular flexibility index (Phi) is 3.08. The summed E-state index contributed by atoms with van der Waals surface area (Å²) >= 11 is 0. The summed E-state index contributed by atoms with van der Waals surface area (Å²) < 4.78 is 0. The van der Waals surface area contributed by atoms with Crippen LogP contribution in [0.1, 0.15) is 71.6 Å². The van der Waals surface area contributed by atoms with Crippen LogP contribution >= 0.6 is 0 Å². The van der Waals surface area contributed by atoms with Crippen LogP contribution in [0.2, 0.25) is 0 Å². The molecule has 0 bridgehead atoms. The van der Waals surface area contributed by atoms with E-state index in [4.69, 9.17) is 6.42 Å². The summed E-state index contributed by atoms with van der Waals surface area (Å²) in [6, 6.07) is 0. The topological polar surface area (TPSA) is 0 Å². The molecular weight excluding hydrogens is 252 g/mol. The molecule has 6 atom stereocenters. The first kappa shape index (κ1) is 13.9. The molecule has 4 rings (SSSR count). The normalized spacial score (nSPS) is 52.1. The van der Waals surface area contributed by atoms with Gasteiger partial charge in [0, 0.05) is 5.92 Å². The van der Waals surface area contributed by atoms with Crippen molar-refractivity contribution in [2.24, 2.45) is 34.5 Å². The molecule has 0 radical (unpaired) electrons. The van der Waals surface area contributed by atoms with Gasteiger partial charge in [-0.05, 0) is 86.4 Å². The Labute approximate surface area is 130 Å². The highest BCUT2D eigenvalue weighted by molar-refractivity contribution is 5.24. The predicted molar refractivity (Wildman–Crippen MR) is 88.6 cm³/mol. The van der Waals surface area contributed by atoms with Crippen LogP contribution in [0.5, 0.6) is 0 Å². The monoisotopic (exact) mass is 282 g/mol. The van der Waals surface area contributed by atoms with Crippen LogP contribution in [-0.2, 0) is 0 Å². The van der Waals surface area contributed by atoms with E-state index in [1.807, 2.05) is 5.57 Å². The highest BCUT2D eigenvalue weighted by atomic mass is 14.6. The van der Waals surface area contributed by atoms with Crippen molar-refractivity contribution in [3.63, 3.8) is 0 Å². The number of terminal acetylenes is 1. The van der Waals surface area contributed by atoms with E-state index >= 15 is 0 Å². The largest absolute Gasteiger partial charge is 0.120 e. The van der Waals surface area contributed by atoms with Gasteiger partial charge in [-0.15, -0.1) is 12.3 Å². The lowest BCUT2D eigenvalue weighted by Gasteiger charge is -2.58. The minimum Gasteiger partial charge on any atom is -0.120 e. The summed E-state index contributed by atoms with van der Waals surface area (Å²) in [6.07, 6.45) is 21.0. The highest BCUT2D eigenvalue weighted by Gasteiger charge is 2.58. The van der Waals surface area contributed by atoms with Crippen LogP contribution in [0.15, 0.2) is 11.6 Å². The van der Waals surface area contributed by atoms with Crippen LogP contribution < -0.4 is 0 Å². The smallest absolute Gasteiger partial charge is 0.0256 e. The molecule has 0 spiro atoms. The van der Waals surface area contributed by atoms with Crippen LogP contribution in [-0.4, -0.2) is 0 Å². The van der Waals surface area contributed by atoms with Crippen LogP contribution in [0.25, 0.3) is 0 Å². The first-order valence-corrected chi connectivity index (χ1v) is 9.25. The first-order chi connectivity index (χ1) is 10.1. The number of allylic oxidation sites excluding steroid dienone is 2. The maximum absolute atomic E-state index is 5.87. The maximum atomic E-state index is 5.87. The predicted octanol–water partition coefficient (Wildman–Crippen LogP) is 5.59. The molecule has 4 aliphatic carbocycles. The Morgan fingerprint density at radius 1 is 1.10 bits per heavy atom. The van der Waals surface area contributed by atoms with Crippen molar-refractivity contribution in [3.05, 3.63) is 11.6 Å². The number of hydrogen-bond acceptors (Lipinski definition) is 0. The molecule has 0 amide bonds. The third kappa shape index (κ3) is 1.76. The summed E-state index contributed by atoms with van der Waals surface area (Å²) in [6.45, 7) is 5.13. The number of fused-ring (bicyclic) bond motifs is 5. The fraction of sp³-hybridized carbons (Fsp3) is 0.810. The second-order valence-corrected chi connectivity index (χ2v) is 8.80. The average Bonchev–Trinajstić information content (AvgIpc) is 2.83. The summed E-state index contributed by atoms with van der Waals surface area (Å²) in [5, 5.41) is 0. The Morgan fingerprint density at radius 3 is 2.76 bits per heavy atom. The van der Waals surface area contributed by atoms with E-state index in [0.717, 1.165) is 17.8 Å². The minimum absolute atomic E-state index is 0.460. The van der Waals surface area contributed by atoms with Gasteiger partial charge in [-0.1, -0.05) is 25.5 Å². The fourth-order valence-corrected chi connectivity index (χ4v) is 7.03. The molecule has 0 aliphatic heterocycles. The number of hydrogen-bond donors (Lipinski definition) is 0. The van der Waals surface area contributed by atoms with Gasteiger partial charge >= 0.3 is 0 Å². The summed E-state index contributed by atoms with van der Waals surface area (Å²) in [5.41, 5.74) is 2.82. The summed E-state index contributed by atoms with van der Waals surface area (Å²) in [5.74, 6) is 6.53. The van der Waals surface area contributed by atoms with E-state index in [-0.39, 0.29) is 0 Å². The van der Waals surface area contributed by atoms with E-state index in [2.05, 4.69) is 25.8 Å². The SMILES string of the molecule is C#C[C@H]1CC[C@H]2[C@@H]3CCC4=CCCC[C@]4(C)[C@H]3CC[C@]12C. The molecule has 0 saturated heterocycles. The van der Waals surface area contributed by atoms with Gasteiger partial charge in [0.25, 0.3) is 0 Å². The second-order valence-electron chi connectivity index (χ2n) is 8.80. The van der Waals surface area contributed by atoms with Crippen molar-refractivity contribution in [3.8, 4) is 12.3 Å². The van der Waals surface area contributed by atoms with Gasteiger partial charge in [0.1, 0.15) is 0 Å². The molecule has 0 heterocycles. The molecule has 114 valence electrons. The van der Waals surface area contributed by atoms with Crippen LogP contribution in [0, 0.1) is 46.8 Å². The third-order valence-electron chi connectivity index (χ3n) is 8.23. The molecule has 0 heteroatoms. The lowest BCUT2D eigenvalue weighted by atomic mass is 9.47. The zero-order valence-electron chi connectivity index (χ0n) is 13.8. The molecule has 0 N–H and O–H groups in total. The molecule has 0 aromatic heterocycles. The van der Waals surface area contributed by atoms with Gasteiger partial charge in [0.05, 0.1) is 0 Å². The molecular formula is C21H30. The van der Waals surface area contributed by atoms with E-state index < -0.39 is 0 Å². The molecule has 0 aromatic carbocycles. The molecule has 3 saturated carbocycles. The zero-order valence-corrected chi connectivity index (χ0v) is 13.8. The molecule has 3 fully saturated rings. The maximum Gasteiger partial charge on any atom is 0.0256 e. The van der Waals surface area contributed by atoms with Crippen LogP contribution in [0.3, 0.4) is 0 Å². The van der Waals surface area contributed by atoms with Crippen LogP contribution in [0.4, 0.5) is 0 Å². The molecule has 0 unspecified atom stereocenters. The van der Waals surface area contributed by atoms with Gasteiger partial charge in [0.15, 0.2) is 0 Å². The molecule has 0 aromatic rings. The summed E-state index contributed by atoms with van der Waals surface area (Å²) in [4.78, 5) is 0.